The van der Waals surface area contributed by atoms with Crippen molar-refractivity contribution in [3.63, 3.8) is 0 Å². The van der Waals surface area contributed by atoms with E-state index in [-0.39, 0.29) is 24.8 Å². The molecule has 0 aromatic carbocycles. The molecule has 64 valence electrons. The quantitative estimate of drug-likeness (QED) is 0.477. The van der Waals surface area contributed by atoms with Gasteiger partial charge in [-0.3, -0.25) is 0 Å². The van der Waals surface area contributed by atoms with Gasteiger partial charge in [0.2, 0.25) is 0 Å². The zero-order valence-electron chi connectivity index (χ0n) is 6.50. The molecule has 0 rings (SSSR count). The first-order valence-corrected chi connectivity index (χ1v) is 3.33. The predicted octanol–water partition coefficient (Wildman–Crippen LogP) is -0.402. The second-order valence-electron chi connectivity index (χ2n) is 2.37. The lowest BCUT2D eigenvalue weighted by molar-refractivity contribution is -0.132. The van der Waals surface area contributed by atoms with Crippen LogP contribution in [-0.2, 0) is 4.79 Å². The number of aliphatic hydroxyl groups excluding tert-OH is 1. The highest BCUT2D eigenvalue weighted by Crippen LogP contribution is 1.88. The average Bonchev–Trinajstić information content (AvgIpc) is 1.99. The highest BCUT2D eigenvalue weighted by atomic mass is 16.4. The normalized spacial score (nSPS) is 12.5. The Morgan fingerprint density at radius 2 is 2.27 bits per heavy atom. The van der Waals surface area contributed by atoms with Crippen molar-refractivity contribution in [3.8, 4) is 0 Å². The number of carboxylic acid groups (broad SMARTS) is 1. The molecule has 1 unspecified atom stereocenters. The van der Waals surface area contributed by atoms with E-state index in [0.717, 1.165) is 0 Å². The lowest BCUT2D eigenvalue weighted by atomic mass is 10.3. The van der Waals surface area contributed by atoms with Crippen LogP contribution in [0.1, 0.15) is 6.92 Å². The molecular formula is C7H13NO3. The van der Waals surface area contributed by atoms with Gasteiger partial charge in [0.15, 0.2) is 0 Å². The van der Waals surface area contributed by atoms with Gasteiger partial charge in [0.05, 0.1) is 6.61 Å². The summed E-state index contributed by atoms with van der Waals surface area (Å²) in [5, 5.41) is 19.7. The third-order valence-electron chi connectivity index (χ3n) is 1.24. The zero-order chi connectivity index (χ0) is 8.85. The first kappa shape index (κ1) is 10.1. The summed E-state index contributed by atoms with van der Waals surface area (Å²) >= 11 is 0. The maximum absolute atomic E-state index is 10.2. The number of carbonyl (C=O) groups is 1. The maximum Gasteiger partial charge on any atom is 0.332 e. The molecule has 0 aromatic heterocycles. The van der Waals surface area contributed by atoms with Crippen LogP contribution < -0.4 is 5.32 Å². The van der Waals surface area contributed by atoms with Crippen molar-refractivity contribution in [1.82, 2.24) is 5.32 Å². The van der Waals surface area contributed by atoms with Gasteiger partial charge in [0.1, 0.15) is 0 Å². The number of carboxylic acids is 1. The molecule has 0 aliphatic carbocycles. The minimum absolute atomic E-state index is 0.00704. The number of hydrogen-bond donors (Lipinski definition) is 3. The molecular weight excluding hydrogens is 146 g/mol. The van der Waals surface area contributed by atoms with Crippen LogP contribution in [0.5, 0.6) is 0 Å². The van der Waals surface area contributed by atoms with Crippen molar-refractivity contribution in [2.75, 3.05) is 13.2 Å². The largest absolute Gasteiger partial charge is 0.478 e. The van der Waals surface area contributed by atoms with Crippen LogP contribution >= 0.6 is 0 Å². The van der Waals surface area contributed by atoms with Gasteiger partial charge < -0.3 is 15.5 Å². The number of hydrogen-bond acceptors (Lipinski definition) is 3. The number of rotatable bonds is 5. The summed E-state index contributed by atoms with van der Waals surface area (Å²) in [5.41, 5.74) is 0.102. The van der Waals surface area contributed by atoms with E-state index in [1.165, 1.54) is 0 Å². The second kappa shape index (κ2) is 4.87. The smallest absolute Gasteiger partial charge is 0.332 e. The van der Waals surface area contributed by atoms with Crippen molar-refractivity contribution >= 4 is 5.97 Å². The van der Waals surface area contributed by atoms with E-state index >= 15 is 0 Å². The third kappa shape index (κ3) is 4.52. The molecule has 4 nitrogen and oxygen atoms in total. The summed E-state index contributed by atoms with van der Waals surface area (Å²) in [5.74, 6) is -1.01. The number of nitrogens with one attached hydrogen (secondary N) is 1. The summed E-state index contributed by atoms with van der Waals surface area (Å²) in [4.78, 5) is 10.2. The summed E-state index contributed by atoms with van der Waals surface area (Å²) in [7, 11) is 0. The molecule has 0 aromatic rings. The van der Waals surface area contributed by atoms with Crippen LogP contribution in [0, 0.1) is 0 Å². The van der Waals surface area contributed by atoms with Crippen molar-refractivity contribution in [3.05, 3.63) is 12.2 Å². The van der Waals surface area contributed by atoms with Gasteiger partial charge in [0, 0.05) is 18.2 Å². The fraction of sp³-hybridized carbons (Fsp3) is 0.571. The van der Waals surface area contributed by atoms with E-state index < -0.39 is 5.97 Å². The molecule has 1 atom stereocenters. The zero-order valence-corrected chi connectivity index (χ0v) is 6.50. The molecule has 0 spiro atoms. The summed E-state index contributed by atoms with van der Waals surface area (Å²) in [6.07, 6.45) is 0. The number of aliphatic carboxylic acids is 1. The van der Waals surface area contributed by atoms with Crippen molar-refractivity contribution < 1.29 is 15.0 Å². The monoisotopic (exact) mass is 159 g/mol. The van der Waals surface area contributed by atoms with E-state index in [1.807, 2.05) is 0 Å². The Labute approximate surface area is 65.5 Å². The fourth-order valence-electron chi connectivity index (χ4n) is 0.438. The molecule has 0 aliphatic rings. The van der Waals surface area contributed by atoms with Crippen molar-refractivity contribution in [2.45, 2.75) is 13.0 Å². The van der Waals surface area contributed by atoms with Gasteiger partial charge in [-0.1, -0.05) is 6.58 Å². The van der Waals surface area contributed by atoms with Crippen LogP contribution in [0.15, 0.2) is 12.2 Å². The molecule has 0 saturated heterocycles. The topological polar surface area (TPSA) is 69.6 Å². The Balaban J connectivity index is 3.54. The van der Waals surface area contributed by atoms with Gasteiger partial charge in [-0.2, -0.15) is 0 Å². The molecule has 4 heteroatoms. The van der Waals surface area contributed by atoms with Crippen molar-refractivity contribution in [1.29, 1.82) is 0 Å². The Kier molecular flexibility index (Phi) is 4.49. The van der Waals surface area contributed by atoms with E-state index in [9.17, 15) is 4.79 Å². The van der Waals surface area contributed by atoms with Gasteiger partial charge in [-0.15, -0.1) is 0 Å². The molecule has 0 amide bonds. The Hall–Kier alpha value is -0.870. The van der Waals surface area contributed by atoms with E-state index in [1.54, 1.807) is 6.92 Å². The minimum atomic E-state index is -1.01. The average molecular weight is 159 g/mol. The molecule has 0 heterocycles. The molecule has 11 heavy (non-hydrogen) atoms. The van der Waals surface area contributed by atoms with Gasteiger partial charge in [0.25, 0.3) is 0 Å². The second-order valence-corrected chi connectivity index (χ2v) is 2.37. The lowest BCUT2D eigenvalue weighted by Gasteiger charge is -2.09. The summed E-state index contributed by atoms with van der Waals surface area (Å²) in [6, 6.07) is -0.0916. The molecule has 0 aliphatic heterocycles. The fourth-order valence-corrected chi connectivity index (χ4v) is 0.438. The number of aliphatic hydroxyl groups is 1. The lowest BCUT2D eigenvalue weighted by Crippen LogP contribution is -2.32. The molecule has 0 bridgehead atoms. The first-order valence-electron chi connectivity index (χ1n) is 3.33. The van der Waals surface area contributed by atoms with E-state index in [2.05, 4.69) is 11.9 Å². The third-order valence-corrected chi connectivity index (χ3v) is 1.24. The Morgan fingerprint density at radius 3 is 2.64 bits per heavy atom. The van der Waals surface area contributed by atoms with Crippen molar-refractivity contribution in [2.24, 2.45) is 0 Å². The van der Waals surface area contributed by atoms with E-state index in [4.69, 9.17) is 10.2 Å². The molecule has 3 N–H and O–H groups in total. The van der Waals surface area contributed by atoms with Crippen LogP contribution in [-0.4, -0.2) is 35.4 Å². The standard InChI is InChI=1S/C7H13NO3/c1-5(7(10)11)3-8-6(2)4-9/h6,8-9H,1,3-4H2,2H3,(H,10,11). The van der Waals surface area contributed by atoms with Gasteiger partial charge >= 0.3 is 5.97 Å². The SMILES string of the molecule is C=C(CNC(C)CO)C(=O)O. The van der Waals surface area contributed by atoms with Gasteiger partial charge in [-0.05, 0) is 6.92 Å². The summed E-state index contributed by atoms with van der Waals surface area (Å²) < 4.78 is 0. The van der Waals surface area contributed by atoms with Crippen LogP contribution in [0.3, 0.4) is 0 Å². The van der Waals surface area contributed by atoms with Crippen LogP contribution in [0.25, 0.3) is 0 Å². The highest BCUT2D eigenvalue weighted by Gasteiger charge is 2.04. The van der Waals surface area contributed by atoms with Gasteiger partial charge in [-0.25, -0.2) is 4.79 Å². The predicted molar refractivity (Wildman–Crippen MR) is 41.3 cm³/mol. The summed E-state index contributed by atoms with van der Waals surface area (Å²) in [6.45, 7) is 5.27. The first-order chi connectivity index (χ1) is 5.07. The van der Waals surface area contributed by atoms with Crippen LogP contribution in [0.4, 0.5) is 0 Å². The molecule has 0 radical (unpaired) electrons. The Bertz CT molecular complexity index is 156. The molecule has 0 fully saturated rings. The van der Waals surface area contributed by atoms with Crippen LogP contribution in [0.2, 0.25) is 0 Å². The minimum Gasteiger partial charge on any atom is -0.478 e. The molecule has 0 saturated carbocycles. The van der Waals surface area contributed by atoms with E-state index in [0.29, 0.717) is 0 Å². The Morgan fingerprint density at radius 1 is 1.73 bits per heavy atom. The highest BCUT2D eigenvalue weighted by molar-refractivity contribution is 5.86. The maximum atomic E-state index is 10.2.